The monoisotopic (exact) mass is 577 g/mol. The fourth-order valence-corrected chi connectivity index (χ4v) is 0. The minimum atomic E-state index is -1.25. The maximum absolute atomic E-state index is 2.54. The molecule has 0 N–H and O–H groups in total. The van der Waals surface area contributed by atoms with Crippen molar-refractivity contribution < 1.29 is 0 Å². The number of halogens is 4. The van der Waals surface area contributed by atoms with Gasteiger partial charge < -0.3 is 0 Å². The third kappa shape index (κ3) is 18.4. The van der Waals surface area contributed by atoms with Crippen molar-refractivity contribution in [1.82, 2.24) is 0 Å². The molecule has 0 radical (unpaired) electrons. The van der Waals surface area contributed by atoms with Gasteiger partial charge in [-0.25, -0.2) is 0 Å². The molecular formula is GaI4-. The van der Waals surface area contributed by atoms with Crippen LogP contribution in [0.25, 0.3) is 0 Å². The summed E-state index contributed by atoms with van der Waals surface area (Å²) in [7, 11) is 0. The van der Waals surface area contributed by atoms with E-state index in [2.05, 4.69) is 78.7 Å². The number of hydrogen-bond acceptors (Lipinski definition) is 0. The molecule has 0 rings (SSSR count). The molecule has 0 bridgehead atoms. The molecule has 0 atom stereocenters. The van der Waals surface area contributed by atoms with Crippen LogP contribution in [0.3, 0.4) is 0 Å². The van der Waals surface area contributed by atoms with E-state index in [0.717, 1.165) is 0 Å². The fourth-order valence-electron chi connectivity index (χ4n) is 0. The fraction of sp³-hybridized carbons (Fsp3) is 0. The normalized spacial score (nSPS) is 12.0. The van der Waals surface area contributed by atoms with Gasteiger partial charge in [0.05, 0.1) is 0 Å². The first-order valence-corrected chi connectivity index (χ1v) is 30.4. The Labute approximate surface area is 77.0 Å². The zero-order valence-electron chi connectivity index (χ0n) is 2.09. The molecule has 0 saturated carbocycles. The standard InChI is InChI=1S/Ga.4HI/h;4*1H/q+3;;;;/p-4. The van der Waals surface area contributed by atoms with Crippen LogP contribution in [0.1, 0.15) is 0 Å². The molecule has 0 aromatic heterocycles. The van der Waals surface area contributed by atoms with E-state index in [1.54, 1.807) is 0 Å². The summed E-state index contributed by atoms with van der Waals surface area (Å²) in [6.07, 6.45) is 0. The van der Waals surface area contributed by atoms with Crippen LogP contribution in [0, 0.1) is 0 Å². The van der Waals surface area contributed by atoms with Gasteiger partial charge in [0, 0.05) is 0 Å². The van der Waals surface area contributed by atoms with Crippen molar-refractivity contribution >= 4 is 79.5 Å². The molecule has 5 heavy (non-hydrogen) atoms. The van der Waals surface area contributed by atoms with Crippen LogP contribution in [-0.2, 0) is 0 Å². The van der Waals surface area contributed by atoms with E-state index >= 15 is 0 Å². The third-order valence-electron chi connectivity index (χ3n) is 0. The topological polar surface area (TPSA) is 0 Å². The van der Waals surface area contributed by atoms with Gasteiger partial charge in [-0.3, -0.25) is 0 Å². The summed E-state index contributed by atoms with van der Waals surface area (Å²) in [5.41, 5.74) is 0. The molecule has 5 heteroatoms. The molecule has 0 heterocycles. The predicted octanol–water partition coefficient (Wildman–Crippen LogP) is 3.16. The molecule has 0 saturated heterocycles. The Morgan fingerprint density at radius 3 is 0.800 bits per heavy atom. The van der Waals surface area contributed by atoms with Gasteiger partial charge in [0.1, 0.15) is 0 Å². The molecule has 0 amide bonds. The quantitative estimate of drug-likeness (QED) is 0.307. The zero-order valence-corrected chi connectivity index (χ0v) is 13.1. The van der Waals surface area contributed by atoms with Gasteiger partial charge in [0.2, 0.25) is 0 Å². The van der Waals surface area contributed by atoms with Gasteiger partial charge in [0.15, 0.2) is 0 Å². The summed E-state index contributed by atoms with van der Waals surface area (Å²) in [5, 5.41) is 0. The van der Waals surface area contributed by atoms with E-state index in [9.17, 15) is 0 Å². The van der Waals surface area contributed by atoms with Crippen molar-refractivity contribution in [3.05, 3.63) is 0 Å². The second kappa shape index (κ2) is 3.56. The van der Waals surface area contributed by atoms with Gasteiger partial charge >= 0.3 is 79.5 Å². The van der Waals surface area contributed by atoms with Crippen molar-refractivity contribution in [2.75, 3.05) is 0 Å². The van der Waals surface area contributed by atoms with Crippen molar-refractivity contribution in [2.45, 2.75) is 0 Å². The van der Waals surface area contributed by atoms with E-state index < -0.39 is 0.838 Å². The van der Waals surface area contributed by atoms with E-state index in [1.807, 2.05) is 0 Å². The SMILES string of the molecule is [I][Ga-]([I])([I])[I]. The van der Waals surface area contributed by atoms with Crippen molar-refractivity contribution in [1.29, 1.82) is 0 Å². The first-order valence-electron chi connectivity index (χ1n) is 0.873. The van der Waals surface area contributed by atoms with Crippen LogP contribution in [-0.4, -0.2) is 0.838 Å². The van der Waals surface area contributed by atoms with E-state index in [0.29, 0.717) is 0 Å². The van der Waals surface area contributed by atoms with Crippen molar-refractivity contribution in [3.8, 4) is 0 Å². The predicted molar refractivity (Wildman–Crippen MR) is 61.8 cm³/mol. The summed E-state index contributed by atoms with van der Waals surface area (Å²) in [5.74, 6) is 0. The van der Waals surface area contributed by atoms with Gasteiger partial charge in [-0.2, -0.15) is 0 Å². The van der Waals surface area contributed by atoms with Crippen molar-refractivity contribution in [2.24, 2.45) is 0 Å². The van der Waals surface area contributed by atoms with Crippen LogP contribution in [0.15, 0.2) is 0 Å². The van der Waals surface area contributed by atoms with Crippen LogP contribution < -0.4 is 0 Å². The molecule has 32 valence electrons. The number of hydrogen-bond donors (Lipinski definition) is 0. The Balaban J connectivity index is 3.02. The Bertz CT molecular complexity index is 19.1. The Morgan fingerprint density at radius 2 is 0.800 bits per heavy atom. The second-order valence-electron chi connectivity index (χ2n) is 0.495. The van der Waals surface area contributed by atoms with Crippen molar-refractivity contribution in [3.63, 3.8) is 0 Å². The van der Waals surface area contributed by atoms with E-state index in [4.69, 9.17) is 0 Å². The molecule has 0 fully saturated rings. The Kier molecular flexibility index (Phi) is 6.09. The first kappa shape index (κ1) is 8.56. The molecule has 0 nitrogen and oxygen atoms in total. The molecule has 0 aliphatic carbocycles. The average molecular weight is 577 g/mol. The summed E-state index contributed by atoms with van der Waals surface area (Å²) in [4.78, 5) is 0. The molecular weight excluding hydrogens is 577 g/mol. The van der Waals surface area contributed by atoms with E-state index in [-0.39, 0.29) is 0 Å². The van der Waals surface area contributed by atoms with Crippen LogP contribution in [0.4, 0.5) is 0 Å². The van der Waals surface area contributed by atoms with Gasteiger partial charge in [0.25, 0.3) is 0 Å². The zero-order chi connectivity index (χ0) is 4.50. The molecule has 0 aliphatic heterocycles. The molecule has 0 aromatic rings. The van der Waals surface area contributed by atoms with Gasteiger partial charge in [-0.1, -0.05) is 0 Å². The second-order valence-corrected chi connectivity index (χ2v) is 116. The van der Waals surface area contributed by atoms with Gasteiger partial charge in [-0.15, -0.1) is 0 Å². The molecule has 0 unspecified atom stereocenters. The Morgan fingerprint density at radius 1 is 0.800 bits per heavy atom. The van der Waals surface area contributed by atoms with Crippen LogP contribution >= 0.6 is 78.7 Å². The molecule has 0 aliphatic rings. The summed E-state index contributed by atoms with van der Waals surface area (Å²) >= 11 is 10.2. The van der Waals surface area contributed by atoms with Gasteiger partial charge in [-0.05, 0) is 0 Å². The third-order valence-corrected chi connectivity index (χ3v) is 0. The summed E-state index contributed by atoms with van der Waals surface area (Å²) in [6.45, 7) is 0. The first-order chi connectivity index (χ1) is 2.00. The maximum atomic E-state index is 2.54. The molecule has 0 aromatic carbocycles. The Hall–Kier alpha value is 3.56. The minimum absolute atomic E-state index is 1.25. The summed E-state index contributed by atoms with van der Waals surface area (Å²) < 4.78 is -1.25. The average Bonchev–Trinajstić information content (AvgIpc) is 0.722. The van der Waals surface area contributed by atoms with E-state index in [1.165, 1.54) is 0 Å². The summed E-state index contributed by atoms with van der Waals surface area (Å²) in [6, 6.07) is 0. The van der Waals surface area contributed by atoms with Crippen LogP contribution in [0.2, 0.25) is 0 Å². The van der Waals surface area contributed by atoms with Crippen LogP contribution in [0.5, 0.6) is 0 Å². The molecule has 0 spiro atoms. The number of rotatable bonds is 0.